The van der Waals surface area contributed by atoms with Crippen molar-refractivity contribution in [2.24, 2.45) is 0 Å². The fourth-order valence-corrected chi connectivity index (χ4v) is 4.03. The number of morpholine rings is 1. The first-order valence-corrected chi connectivity index (χ1v) is 7.30. The van der Waals surface area contributed by atoms with Crippen molar-refractivity contribution < 1.29 is 239 Å². The number of rotatable bonds is 3. The second kappa shape index (κ2) is 15.8. The molecule has 0 saturated carbocycles. The molecule has 0 unspecified atom stereocenters. The van der Waals surface area contributed by atoms with E-state index >= 15 is 0 Å². The fraction of sp³-hybridized carbons (Fsp3) is 1.00. The van der Waals surface area contributed by atoms with Crippen molar-refractivity contribution in [1.82, 2.24) is 4.90 Å². The SMILES string of the molecule is O=P([O-])([O-])C(N1CCOCC1)P(=O)([O-])[O-].[K+].[K+].[K+].[K+]. The van der Waals surface area contributed by atoms with Crippen LogP contribution < -0.4 is 225 Å². The summed E-state index contributed by atoms with van der Waals surface area (Å²) in [4.78, 5) is 43.6. The standard InChI is InChI=1S/C5H13NO7P2.4K/c7-14(8,9)5(15(10,11)12)6-1-3-13-4-2-6;;;;/h5H,1-4H2,(H2,7,8,9)(H2,10,11,12);;;;/q;4*+1/p-4. The summed E-state index contributed by atoms with van der Waals surface area (Å²) < 4.78 is 26.2. The van der Waals surface area contributed by atoms with Gasteiger partial charge in [-0.25, -0.2) is 0 Å². The predicted molar refractivity (Wildman–Crippen MR) is 41.4 cm³/mol. The summed E-state index contributed by atoms with van der Waals surface area (Å²) in [5, 5.41) is 0. The molecule has 1 fully saturated rings. The van der Waals surface area contributed by atoms with E-state index in [0.29, 0.717) is 0 Å². The Morgan fingerprint density at radius 1 is 0.842 bits per heavy atom. The van der Waals surface area contributed by atoms with Gasteiger partial charge < -0.3 is 33.4 Å². The van der Waals surface area contributed by atoms with Crippen LogP contribution in [0.15, 0.2) is 0 Å². The molecule has 0 aliphatic carbocycles. The quantitative estimate of drug-likeness (QED) is 0.328. The summed E-state index contributed by atoms with van der Waals surface area (Å²) >= 11 is 0. The van der Waals surface area contributed by atoms with E-state index in [4.69, 9.17) is 4.74 Å². The van der Waals surface area contributed by atoms with E-state index in [0.717, 1.165) is 4.90 Å². The third kappa shape index (κ3) is 13.6. The zero-order valence-corrected chi connectivity index (χ0v) is 25.9. The zero-order chi connectivity index (χ0) is 11.7. The molecule has 0 aromatic carbocycles. The average Bonchev–Trinajstić information content (AvgIpc) is 2.00. The van der Waals surface area contributed by atoms with Gasteiger partial charge in [0.2, 0.25) is 0 Å². The van der Waals surface area contributed by atoms with Crippen molar-refractivity contribution in [2.45, 2.75) is 5.52 Å². The third-order valence-electron chi connectivity index (χ3n) is 1.94. The average molecular weight is 413 g/mol. The smallest absolute Gasteiger partial charge is 0.809 e. The summed E-state index contributed by atoms with van der Waals surface area (Å²) in [5.41, 5.74) is -2.49. The maximum atomic E-state index is 10.7. The Hall–Kier alpha value is 6.77. The molecule has 0 spiro atoms. The van der Waals surface area contributed by atoms with Crippen molar-refractivity contribution >= 4 is 15.2 Å². The number of hydrogen-bond donors (Lipinski definition) is 0. The number of nitrogens with zero attached hydrogens (tertiary/aromatic N) is 1. The van der Waals surface area contributed by atoms with E-state index in [1.807, 2.05) is 0 Å². The minimum atomic E-state index is -5.48. The van der Waals surface area contributed by atoms with Crippen molar-refractivity contribution in [1.29, 1.82) is 0 Å². The largest absolute Gasteiger partial charge is 1.00 e. The fourth-order valence-electron chi connectivity index (χ4n) is 1.38. The molecule has 90 valence electrons. The minimum Gasteiger partial charge on any atom is -0.809 e. The van der Waals surface area contributed by atoms with E-state index in [1.54, 1.807) is 0 Å². The summed E-state index contributed by atoms with van der Waals surface area (Å²) in [6.45, 7) is 0.0637. The maximum absolute atomic E-state index is 10.7. The Balaban J connectivity index is -0.000000281. The number of hydrogen-bond acceptors (Lipinski definition) is 8. The van der Waals surface area contributed by atoms with Crippen LogP contribution in [0, 0.1) is 0 Å². The Morgan fingerprint density at radius 2 is 1.16 bits per heavy atom. The molecule has 19 heavy (non-hydrogen) atoms. The second-order valence-corrected chi connectivity index (χ2v) is 6.62. The molecule has 1 aliphatic rings. The van der Waals surface area contributed by atoms with E-state index in [2.05, 4.69) is 0 Å². The zero-order valence-electron chi connectivity index (χ0n) is 11.6. The molecular formula is C5H9K4NO7P2. The predicted octanol–water partition coefficient (Wildman–Crippen LogP) is -15.6. The monoisotopic (exact) mass is 413 g/mol. The Morgan fingerprint density at radius 3 is 1.42 bits per heavy atom. The molecule has 0 aromatic rings. The molecule has 0 bridgehead atoms. The van der Waals surface area contributed by atoms with Gasteiger partial charge in [0.25, 0.3) is 0 Å². The number of ether oxygens (including phenoxy) is 1. The van der Waals surface area contributed by atoms with Crippen LogP contribution in [0.25, 0.3) is 0 Å². The van der Waals surface area contributed by atoms with Gasteiger partial charge in [0.05, 0.1) is 18.7 Å². The molecule has 0 N–H and O–H groups in total. The van der Waals surface area contributed by atoms with E-state index in [9.17, 15) is 28.7 Å². The van der Waals surface area contributed by atoms with Crippen molar-refractivity contribution in [3.8, 4) is 0 Å². The maximum Gasteiger partial charge on any atom is 1.00 e. The van der Waals surface area contributed by atoms with Crippen LogP contribution in [-0.2, 0) is 13.9 Å². The van der Waals surface area contributed by atoms with Gasteiger partial charge in [-0.05, 0) is 15.2 Å². The van der Waals surface area contributed by atoms with Gasteiger partial charge in [0.1, 0.15) is 0 Å². The first-order chi connectivity index (χ1) is 6.73. The van der Waals surface area contributed by atoms with Gasteiger partial charge in [0.15, 0.2) is 0 Å². The van der Waals surface area contributed by atoms with Crippen LogP contribution in [0.1, 0.15) is 0 Å². The van der Waals surface area contributed by atoms with Crippen molar-refractivity contribution in [2.75, 3.05) is 26.3 Å². The third-order valence-corrected chi connectivity index (χ3v) is 5.42. The van der Waals surface area contributed by atoms with Crippen molar-refractivity contribution in [3.63, 3.8) is 0 Å². The first-order valence-electron chi connectivity index (χ1n) is 4.08. The van der Waals surface area contributed by atoms with Gasteiger partial charge >= 0.3 is 206 Å². The van der Waals surface area contributed by atoms with Crippen LogP contribution >= 0.6 is 15.2 Å². The summed E-state index contributed by atoms with van der Waals surface area (Å²) in [7, 11) is -11.0. The molecular weight excluding hydrogens is 404 g/mol. The van der Waals surface area contributed by atoms with Crippen molar-refractivity contribution in [3.05, 3.63) is 0 Å². The molecule has 0 aromatic heterocycles. The summed E-state index contributed by atoms with van der Waals surface area (Å²) in [5.74, 6) is 0. The van der Waals surface area contributed by atoms with Crippen LogP contribution in [0.4, 0.5) is 0 Å². The first kappa shape index (κ1) is 33.4. The van der Waals surface area contributed by atoms with Gasteiger partial charge in [0, 0.05) is 13.1 Å². The minimum absolute atomic E-state index is 0. The van der Waals surface area contributed by atoms with Crippen LogP contribution in [0.5, 0.6) is 0 Å². The van der Waals surface area contributed by atoms with Crippen LogP contribution in [0.2, 0.25) is 0 Å². The topological polar surface area (TPSA) is 139 Å². The molecule has 0 radical (unpaired) electrons. The molecule has 1 aliphatic heterocycles. The Labute approximate surface area is 282 Å². The Bertz CT molecular complexity index is 295. The molecule has 1 rings (SSSR count). The van der Waals surface area contributed by atoms with Gasteiger partial charge in [-0.2, -0.15) is 0 Å². The van der Waals surface area contributed by atoms with E-state index < -0.39 is 20.7 Å². The molecule has 8 nitrogen and oxygen atoms in total. The normalized spacial score (nSPS) is 16.5. The van der Waals surface area contributed by atoms with Crippen LogP contribution in [-0.4, -0.2) is 36.7 Å². The van der Waals surface area contributed by atoms with Gasteiger partial charge in [-0.3, -0.25) is 4.90 Å². The molecule has 1 heterocycles. The molecule has 0 atom stereocenters. The molecule has 0 amide bonds. The molecule has 1 saturated heterocycles. The summed E-state index contributed by atoms with van der Waals surface area (Å²) in [6, 6.07) is 0. The summed E-state index contributed by atoms with van der Waals surface area (Å²) in [6.07, 6.45) is 0. The second-order valence-electron chi connectivity index (χ2n) is 3.07. The van der Waals surface area contributed by atoms with E-state index in [1.165, 1.54) is 0 Å². The van der Waals surface area contributed by atoms with Gasteiger partial charge in [-0.15, -0.1) is 0 Å². The van der Waals surface area contributed by atoms with Gasteiger partial charge in [-0.1, -0.05) is 0 Å². The Kier molecular flexibility index (Phi) is 27.7. The molecule has 14 heteroatoms. The van der Waals surface area contributed by atoms with E-state index in [-0.39, 0.29) is 232 Å². The van der Waals surface area contributed by atoms with Crippen LogP contribution in [0.3, 0.4) is 0 Å².